The monoisotopic (exact) mass is 646 g/mol. The van der Waals surface area contributed by atoms with Crippen LogP contribution in [0.4, 0.5) is 0 Å². The molecule has 0 radical (unpaired) electrons. The second kappa shape index (κ2) is 29.0. The molecule has 6 unspecified atom stereocenters. The zero-order valence-electron chi connectivity index (χ0n) is 29.0. The molecular weight excluding hydrogens is 577 g/mol. The lowest BCUT2D eigenvalue weighted by Crippen LogP contribution is -2.26. The van der Waals surface area contributed by atoms with Gasteiger partial charge in [0.05, 0.1) is 11.8 Å². The Kier molecular flexibility index (Phi) is 28.8. The molecule has 0 saturated carbocycles. The molecule has 0 rings (SSSR count). The van der Waals surface area contributed by atoms with E-state index in [1.165, 1.54) is 89.9 Å². The first kappa shape index (κ1) is 42.6. The first-order valence-electron chi connectivity index (χ1n) is 18.0. The van der Waals surface area contributed by atoms with Gasteiger partial charge in [0.25, 0.3) is 0 Å². The highest BCUT2D eigenvalue weighted by atomic mass is 32.2. The standard InChI is InChI=1S/C36H70O5S2/c1-7-11-19-31(9-3)21-15-13-17-27-42-33(29(5)35(37)38)23-25-41-26-24-34(30(6)36(39)40)43-28-18-14-16-22-32(10-4)20-12-8-2/h29-34H,7-28H2,1-6H3,(H,37,38)(H,39,40). The Morgan fingerprint density at radius 1 is 0.558 bits per heavy atom. The molecule has 0 aromatic carbocycles. The lowest BCUT2D eigenvalue weighted by atomic mass is 9.93. The molecular formula is C36H70O5S2. The van der Waals surface area contributed by atoms with Gasteiger partial charge in [0, 0.05) is 23.7 Å². The summed E-state index contributed by atoms with van der Waals surface area (Å²) in [5, 5.41) is 19.4. The number of ether oxygens (including phenoxy) is 1. The SMILES string of the molecule is CCCCC(CC)CCCCCSC(CCOCCC(SCCCCCC(CC)CCCC)C(C)C(=O)O)C(C)C(=O)O. The van der Waals surface area contributed by atoms with E-state index in [0.29, 0.717) is 13.2 Å². The van der Waals surface area contributed by atoms with E-state index in [-0.39, 0.29) is 10.5 Å². The van der Waals surface area contributed by atoms with Crippen molar-refractivity contribution in [2.24, 2.45) is 23.7 Å². The van der Waals surface area contributed by atoms with Crippen molar-refractivity contribution in [3.8, 4) is 0 Å². The molecule has 0 fully saturated rings. The predicted molar refractivity (Wildman–Crippen MR) is 190 cm³/mol. The Labute approximate surface area is 275 Å². The predicted octanol–water partition coefficient (Wildman–Crippen LogP) is 11.0. The fraction of sp³-hybridized carbons (Fsp3) is 0.944. The minimum atomic E-state index is -0.739. The van der Waals surface area contributed by atoms with Crippen LogP contribution in [0, 0.1) is 23.7 Å². The third-order valence-electron chi connectivity index (χ3n) is 9.25. The highest BCUT2D eigenvalue weighted by Crippen LogP contribution is 2.28. The Morgan fingerprint density at radius 2 is 0.930 bits per heavy atom. The molecule has 0 spiro atoms. The Balaban J connectivity index is 4.42. The number of hydrogen-bond acceptors (Lipinski definition) is 5. The average molecular weight is 647 g/mol. The quantitative estimate of drug-likeness (QED) is 0.0703. The number of rotatable bonds is 32. The van der Waals surface area contributed by atoms with Crippen LogP contribution >= 0.6 is 23.5 Å². The lowest BCUT2D eigenvalue weighted by molar-refractivity contribution is -0.142. The summed E-state index contributed by atoms with van der Waals surface area (Å²) in [7, 11) is 0. The van der Waals surface area contributed by atoms with Crippen molar-refractivity contribution in [3.05, 3.63) is 0 Å². The number of hydrogen-bond donors (Lipinski definition) is 2. The molecule has 0 saturated heterocycles. The lowest BCUT2D eigenvalue weighted by Gasteiger charge is -2.22. The summed E-state index contributed by atoms with van der Waals surface area (Å²) in [6, 6.07) is 0. The van der Waals surface area contributed by atoms with Gasteiger partial charge < -0.3 is 14.9 Å². The van der Waals surface area contributed by atoms with Crippen molar-refractivity contribution < 1.29 is 24.5 Å². The molecule has 0 amide bonds. The maximum absolute atomic E-state index is 11.7. The van der Waals surface area contributed by atoms with E-state index in [1.807, 2.05) is 13.8 Å². The molecule has 0 aromatic rings. The van der Waals surface area contributed by atoms with E-state index in [1.54, 1.807) is 23.5 Å². The van der Waals surface area contributed by atoms with E-state index in [4.69, 9.17) is 4.74 Å². The van der Waals surface area contributed by atoms with Crippen molar-refractivity contribution >= 4 is 35.5 Å². The topological polar surface area (TPSA) is 83.8 Å². The molecule has 0 aliphatic heterocycles. The Bertz CT molecular complexity index is 608. The molecule has 0 aromatic heterocycles. The molecule has 0 aliphatic carbocycles. The first-order chi connectivity index (χ1) is 20.7. The number of carboxylic acids is 2. The van der Waals surface area contributed by atoms with Crippen LogP contribution in [-0.4, -0.2) is 57.4 Å². The average Bonchev–Trinajstić information content (AvgIpc) is 3.00. The molecule has 0 heterocycles. The fourth-order valence-corrected chi connectivity index (χ4v) is 8.44. The van der Waals surface area contributed by atoms with Gasteiger partial charge in [0.15, 0.2) is 0 Å². The van der Waals surface area contributed by atoms with Crippen molar-refractivity contribution in [2.75, 3.05) is 24.7 Å². The maximum Gasteiger partial charge on any atom is 0.307 e. The smallest absolute Gasteiger partial charge is 0.307 e. The third kappa shape index (κ3) is 22.7. The molecule has 0 aliphatic rings. The molecule has 7 heteroatoms. The zero-order chi connectivity index (χ0) is 32.3. The van der Waals surface area contributed by atoms with E-state index in [0.717, 1.165) is 49.0 Å². The molecule has 2 N–H and O–H groups in total. The van der Waals surface area contributed by atoms with Gasteiger partial charge in [-0.1, -0.05) is 131 Å². The van der Waals surface area contributed by atoms with Gasteiger partial charge in [-0.05, 0) is 49.0 Å². The number of unbranched alkanes of at least 4 members (excludes halogenated alkanes) is 6. The van der Waals surface area contributed by atoms with Gasteiger partial charge >= 0.3 is 11.9 Å². The van der Waals surface area contributed by atoms with Gasteiger partial charge in [-0.3, -0.25) is 9.59 Å². The second-order valence-corrected chi connectivity index (χ2v) is 15.5. The van der Waals surface area contributed by atoms with Crippen LogP contribution in [0.15, 0.2) is 0 Å². The second-order valence-electron chi connectivity index (χ2n) is 12.8. The van der Waals surface area contributed by atoms with Crippen LogP contribution in [0.2, 0.25) is 0 Å². The minimum absolute atomic E-state index is 0.0443. The molecule has 5 nitrogen and oxygen atoms in total. The van der Waals surface area contributed by atoms with E-state index < -0.39 is 23.8 Å². The van der Waals surface area contributed by atoms with Gasteiger partial charge in [-0.15, -0.1) is 0 Å². The summed E-state index contributed by atoms with van der Waals surface area (Å²) in [5.74, 6) is 1.44. The summed E-state index contributed by atoms with van der Waals surface area (Å²) >= 11 is 3.58. The van der Waals surface area contributed by atoms with Crippen molar-refractivity contribution in [3.63, 3.8) is 0 Å². The summed E-state index contributed by atoms with van der Waals surface area (Å²) in [6.07, 6.45) is 21.8. The number of thioether (sulfide) groups is 2. The minimum Gasteiger partial charge on any atom is -0.481 e. The van der Waals surface area contributed by atoms with E-state index >= 15 is 0 Å². The van der Waals surface area contributed by atoms with Crippen LogP contribution in [0.25, 0.3) is 0 Å². The van der Waals surface area contributed by atoms with Crippen LogP contribution in [-0.2, 0) is 14.3 Å². The van der Waals surface area contributed by atoms with E-state index in [9.17, 15) is 19.8 Å². The maximum atomic E-state index is 11.7. The van der Waals surface area contributed by atoms with Crippen LogP contribution in [0.5, 0.6) is 0 Å². The number of carbonyl (C=O) groups is 2. The summed E-state index contributed by atoms with van der Waals surface area (Å²) in [5.41, 5.74) is 0. The molecule has 6 atom stereocenters. The Hall–Kier alpha value is -0.400. The van der Waals surface area contributed by atoms with Crippen LogP contribution < -0.4 is 0 Å². The van der Waals surface area contributed by atoms with Gasteiger partial charge in [-0.25, -0.2) is 0 Å². The Morgan fingerprint density at radius 3 is 1.26 bits per heavy atom. The highest BCUT2D eigenvalue weighted by Gasteiger charge is 2.25. The van der Waals surface area contributed by atoms with Gasteiger partial charge in [0.2, 0.25) is 0 Å². The van der Waals surface area contributed by atoms with Crippen molar-refractivity contribution in [1.82, 2.24) is 0 Å². The van der Waals surface area contributed by atoms with Crippen LogP contribution in [0.3, 0.4) is 0 Å². The fourth-order valence-electron chi connectivity index (χ4n) is 5.76. The molecule has 43 heavy (non-hydrogen) atoms. The van der Waals surface area contributed by atoms with Crippen LogP contribution in [0.1, 0.15) is 157 Å². The van der Waals surface area contributed by atoms with E-state index in [2.05, 4.69) is 27.7 Å². The summed E-state index contributed by atoms with van der Waals surface area (Å²) < 4.78 is 5.97. The van der Waals surface area contributed by atoms with Crippen molar-refractivity contribution in [2.45, 2.75) is 168 Å². The normalized spacial score (nSPS) is 16.0. The number of aliphatic carboxylic acids is 2. The highest BCUT2D eigenvalue weighted by molar-refractivity contribution is 8.00. The first-order valence-corrected chi connectivity index (χ1v) is 20.1. The summed E-state index contributed by atoms with van der Waals surface area (Å²) in [6.45, 7) is 13.8. The zero-order valence-corrected chi connectivity index (χ0v) is 30.6. The number of carboxylic acid groups (broad SMARTS) is 2. The van der Waals surface area contributed by atoms with Crippen molar-refractivity contribution in [1.29, 1.82) is 0 Å². The summed E-state index contributed by atoms with van der Waals surface area (Å²) in [4.78, 5) is 23.5. The molecule has 0 bridgehead atoms. The third-order valence-corrected chi connectivity index (χ3v) is 12.4. The van der Waals surface area contributed by atoms with Gasteiger partial charge in [-0.2, -0.15) is 23.5 Å². The van der Waals surface area contributed by atoms with Gasteiger partial charge in [0.1, 0.15) is 0 Å². The largest absolute Gasteiger partial charge is 0.481 e. The molecule has 256 valence electrons.